The van der Waals surface area contributed by atoms with Crippen LogP contribution >= 0.6 is 93.7 Å². The summed E-state index contributed by atoms with van der Waals surface area (Å²) >= 11 is 23.7. The largest absolute Gasteiger partial charge is 0.302 e. The van der Waals surface area contributed by atoms with Gasteiger partial charge < -0.3 is 0 Å². The molecule has 1 aromatic rings. The highest BCUT2D eigenvalue weighted by Gasteiger charge is 2.70. The number of thiophene rings is 1. The summed E-state index contributed by atoms with van der Waals surface area (Å²) in [5, 5.41) is 0. The summed E-state index contributed by atoms with van der Waals surface area (Å²) in [7, 11) is 0. The van der Waals surface area contributed by atoms with Gasteiger partial charge in [-0.2, -0.15) is 50.5 Å². The molecular formula is C7H4Br2F2S5. The van der Waals surface area contributed by atoms with Crippen molar-refractivity contribution < 1.29 is 8.78 Å². The third-order valence-corrected chi connectivity index (χ3v) is 6.94. The second kappa shape index (κ2) is 3.96. The Balaban J connectivity index is 2.86. The fourth-order valence-electron chi connectivity index (χ4n) is 1.56. The van der Waals surface area contributed by atoms with Gasteiger partial charge in [-0.3, -0.25) is 0 Å². The van der Waals surface area contributed by atoms with Crippen molar-refractivity contribution in [3.8, 4) is 0 Å². The van der Waals surface area contributed by atoms with Crippen LogP contribution in [0.1, 0.15) is 11.1 Å². The van der Waals surface area contributed by atoms with Crippen LogP contribution in [0.2, 0.25) is 0 Å². The molecule has 0 spiro atoms. The summed E-state index contributed by atoms with van der Waals surface area (Å²) in [4.78, 5) is 0. The Hall–Kier alpha value is 1.92. The van der Waals surface area contributed by atoms with E-state index in [4.69, 9.17) is 0 Å². The van der Waals surface area contributed by atoms with Crippen molar-refractivity contribution in [1.29, 1.82) is 0 Å². The van der Waals surface area contributed by atoms with Gasteiger partial charge in [0, 0.05) is 11.1 Å². The lowest BCUT2D eigenvalue weighted by molar-refractivity contribution is -0.0117. The average Bonchev–Trinajstić information content (AvgIpc) is 2.44. The van der Waals surface area contributed by atoms with Crippen LogP contribution in [0.5, 0.6) is 0 Å². The van der Waals surface area contributed by atoms with E-state index in [1.807, 2.05) is 0 Å². The van der Waals surface area contributed by atoms with E-state index in [-0.39, 0.29) is 0 Å². The van der Waals surface area contributed by atoms with Gasteiger partial charge in [-0.05, 0) is 31.9 Å². The Labute approximate surface area is 134 Å². The van der Waals surface area contributed by atoms with Crippen molar-refractivity contribution in [1.82, 2.24) is 0 Å². The minimum Gasteiger partial charge on any atom is -0.201 e. The molecule has 2 rings (SSSR count). The van der Waals surface area contributed by atoms with Crippen molar-refractivity contribution in [2.45, 2.75) is 14.1 Å². The molecule has 0 fully saturated rings. The zero-order chi connectivity index (χ0) is 12.5. The first-order valence-corrected chi connectivity index (χ1v) is 8.00. The molecule has 0 amide bonds. The SMILES string of the molecule is FC1(F)C(S)(S)c2c(Br)sc(Br)c2C1(S)S. The van der Waals surface area contributed by atoms with Crippen molar-refractivity contribution in [3.63, 3.8) is 0 Å². The van der Waals surface area contributed by atoms with Crippen LogP contribution in [-0.2, 0) is 8.16 Å². The van der Waals surface area contributed by atoms with Gasteiger partial charge in [-0.15, -0.1) is 11.3 Å². The van der Waals surface area contributed by atoms with Crippen LogP contribution in [0.4, 0.5) is 8.78 Å². The predicted molar refractivity (Wildman–Crippen MR) is 84.0 cm³/mol. The monoisotopic (exact) mass is 444 g/mol. The molecule has 0 N–H and O–H groups in total. The number of hydrogen-bond donors (Lipinski definition) is 4. The molecular weight excluding hydrogens is 442 g/mol. The maximum absolute atomic E-state index is 14.1. The lowest BCUT2D eigenvalue weighted by atomic mass is 10.2. The fraction of sp³-hybridized carbons (Fsp3) is 0.429. The number of hydrogen-bond acceptors (Lipinski definition) is 5. The van der Waals surface area contributed by atoms with Crippen LogP contribution in [0, 0.1) is 0 Å². The molecule has 9 heteroatoms. The molecule has 1 aliphatic rings. The Morgan fingerprint density at radius 2 is 1.19 bits per heavy atom. The van der Waals surface area contributed by atoms with Gasteiger partial charge in [0.25, 0.3) is 0 Å². The zero-order valence-electron chi connectivity index (χ0n) is 7.21. The predicted octanol–water partition coefficient (Wildman–Crippen LogP) is 4.95. The summed E-state index contributed by atoms with van der Waals surface area (Å²) in [5.74, 6) is -3.29. The van der Waals surface area contributed by atoms with Gasteiger partial charge in [0.1, 0.15) is 8.16 Å². The van der Waals surface area contributed by atoms with Gasteiger partial charge in [-0.1, -0.05) is 0 Å². The Bertz CT molecular complexity index is 429. The maximum atomic E-state index is 14.1. The smallest absolute Gasteiger partial charge is 0.201 e. The van der Waals surface area contributed by atoms with E-state index in [9.17, 15) is 8.78 Å². The summed E-state index contributed by atoms with van der Waals surface area (Å²) < 4.78 is 25.6. The number of thiol groups is 4. The number of rotatable bonds is 0. The molecule has 0 aliphatic heterocycles. The molecule has 16 heavy (non-hydrogen) atoms. The van der Waals surface area contributed by atoms with E-state index in [1.165, 1.54) is 11.3 Å². The lowest BCUT2D eigenvalue weighted by Crippen LogP contribution is -2.41. The first kappa shape index (κ1) is 14.3. The third kappa shape index (κ3) is 1.54. The van der Waals surface area contributed by atoms with E-state index in [1.54, 1.807) is 0 Å². The van der Waals surface area contributed by atoms with Gasteiger partial charge in [0.2, 0.25) is 0 Å². The highest BCUT2D eigenvalue weighted by Crippen LogP contribution is 2.70. The van der Waals surface area contributed by atoms with Crippen molar-refractivity contribution in [3.05, 3.63) is 18.7 Å². The maximum Gasteiger partial charge on any atom is 0.302 e. The van der Waals surface area contributed by atoms with E-state index in [0.717, 1.165) is 0 Å². The van der Waals surface area contributed by atoms with Crippen LogP contribution in [0.25, 0.3) is 0 Å². The minimum absolute atomic E-state index is 0.325. The lowest BCUT2D eigenvalue weighted by Gasteiger charge is -2.33. The minimum atomic E-state index is -3.29. The Kier molecular flexibility index (Phi) is 3.54. The molecule has 0 bridgehead atoms. The fourth-order valence-corrected chi connectivity index (χ4v) is 7.88. The summed E-state index contributed by atoms with van der Waals surface area (Å²) in [6.07, 6.45) is 0. The number of halogens is 4. The average molecular weight is 446 g/mol. The molecule has 0 unspecified atom stereocenters. The van der Waals surface area contributed by atoms with Gasteiger partial charge in [0.15, 0.2) is 0 Å². The highest BCUT2D eigenvalue weighted by atomic mass is 79.9. The quantitative estimate of drug-likeness (QED) is 0.315. The standard InChI is InChI=1S/C7H4Br2F2S5/c8-3-1-2(4(9)16-3)6(14,15)7(10,11)5(1,12)13/h12-15H. The molecule has 0 saturated carbocycles. The zero-order valence-corrected chi connectivity index (χ0v) is 14.8. The summed E-state index contributed by atoms with van der Waals surface area (Å²) in [6.45, 7) is 0. The molecule has 1 aromatic heterocycles. The second-order valence-electron chi connectivity index (χ2n) is 3.32. The first-order valence-electron chi connectivity index (χ1n) is 3.81. The topological polar surface area (TPSA) is 0 Å². The normalized spacial score (nSPS) is 24.5. The summed E-state index contributed by atoms with van der Waals surface area (Å²) in [6, 6.07) is 0. The molecule has 0 saturated heterocycles. The molecule has 0 nitrogen and oxygen atoms in total. The van der Waals surface area contributed by atoms with E-state index < -0.39 is 14.1 Å². The second-order valence-corrected chi connectivity index (χ2v) is 10.4. The van der Waals surface area contributed by atoms with Crippen LogP contribution < -0.4 is 0 Å². The highest BCUT2D eigenvalue weighted by molar-refractivity contribution is 9.12. The van der Waals surface area contributed by atoms with Crippen LogP contribution in [0.15, 0.2) is 7.57 Å². The Morgan fingerprint density at radius 3 is 1.50 bits per heavy atom. The first-order chi connectivity index (χ1) is 7.05. The molecule has 90 valence electrons. The summed E-state index contributed by atoms with van der Waals surface area (Å²) in [5.41, 5.74) is 0.650. The molecule has 0 aromatic carbocycles. The van der Waals surface area contributed by atoms with E-state index in [2.05, 4.69) is 82.4 Å². The van der Waals surface area contributed by atoms with Gasteiger partial charge in [0.05, 0.1) is 7.57 Å². The van der Waals surface area contributed by atoms with Crippen molar-refractivity contribution in [2.24, 2.45) is 0 Å². The molecule has 0 atom stereocenters. The van der Waals surface area contributed by atoms with Crippen molar-refractivity contribution >= 4 is 93.7 Å². The van der Waals surface area contributed by atoms with Crippen molar-refractivity contribution in [2.75, 3.05) is 0 Å². The van der Waals surface area contributed by atoms with Gasteiger partial charge >= 0.3 is 5.92 Å². The third-order valence-electron chi connectivity index (χ3n) is 2.40. The van der Waals surface area contributed by atoms with Crippen LogP contribution in [0.3, 0.4) is 0 Å². The number of fused-ring (bicyclic) bond motifs is 1. The van der Waals surface area contributed by atoms with Gasteiger partial charge in [-0.25, -0.2) is 8.78 Å². The van der Waals surface area contributed by atoms with E-state index in [0.29, 0.717) is 18.7 Å². The molecule has 0 radical (unpaired) electrons. The Morgan fingerprint density at radius 1 is 0.875 bits per heavy atom. The van der Waals surface area contributed by atoms with E-state index >= 15 is 0 Å². The molecule has 1 heterocycles. The number of alkyl halides is 2. The van der Waals surface area contributed by atoms with Crippen LogP contribution in [-0.4, -0.2) is 5.92 Å². The molecule has 1 aliphatic carbocycles.